The Morgan fingerprint density at radius 3 is 2.73 bits per heavy atom. The van der Waals surface area contributed by atoms with E-state index < -0.39 is 4.92 Å². The van der Waals surface area contributed by atoms with Gasteiger partial charge in [-0.15, -0.1) is 0 Å². The third-order valence-corrected chi connectivity index (χ3v) is 1.19. The van der Waals surface area contributed by atoms with Gasteiger partial charge in [-0.2, -0.15) is 0 Å². The van der Waals surface area contributed by atoms with E-state index in [4.69, 9.17) is 0 Å². The first-order chi connectivity index (χ1) is 5.15. The summed E-state index contributed by atoms with van der Waals surface area (Å²) in [6.45, 7) is 0. The van der Waals surface area contributed by atoms with Crippen molar-refractivity contribution in [1.29, 1.82) is 0 Å². The molecule has 0 aliphatic rings. The highest BCUT2D eigenvalue weighted by atomic mass is 16.6. The van der Waals surface area contributed by atoms with Crippen LogP contribution in [0.1, 0.15) is 10.6 Å². The van der Waals surface area contributed by atoms with Crippen molar-refractivity contribution in [1.82, 2.24) is 9.55 Å². The summed E-state index contributed by atoms with van der Waals surface area (Å²) in [7, 11) is 1.52. The predicted octanol–water partition coefficient (Wildman–Crippen LogP) is 0.141. The lowest BCUT2D eigenvalue weighted by Gasteiger charge is -1.83. The van der Waals surface area contributed by atoms with Gasteiger partial charge in [-0.1, -0.05) is 0 Å². The van der Waals surface area contributed by atoms with Crippen molar-refractivity contribution >= 4 is 12.1 Å². The normalized spacial score (nSPS) is 9.55. The van der Waals surface area contributed by atoms with Gasteiger partial charge in [0.2, 0.25) is 6.29 Å². The van der Waals surface area contributed by atoms with Crippen molar-refractivity contribution in [2.75, 3.05) is 0 Å². The molecule has 1 aromatic heterocycles. The van der Waals surface area contributed by atoms with E-state index in [1.807, 2.05) is 0 Å². The fourth-order valence-corrected chi connectivity index (χ4v) is 0.662. The average Bonchev–Trinajstić information content (AvgIpc) is 2.31. The summed E-state index contributed by atoms with van der Waals surface area (Å²) < 4.78 is 1.30. The number of hydrogen-bond donors (Lipinski definition) is 0. The minimum atomic E-state index is -0.646. The smallest absolute Gasteiger partial charge is 0.358 e. The molecule has 6 heteroatoms. The standard InChI is InChI=1S/C5H5N3O3/c1-7-2-4(8(10)11)6-5(7)3-9/h2-3H,1H3. The van der Waals surface area contributed by atoms with Crippen molar-refractivity contribution in [3.8, 4) is 0 Å². The second-order valence-electron chi connectivity index (χ2n) is 1.94. The summed E-state index contributed by atoms with van der Waals surface area (Å²) in [5.41, 5.74) is 0. The fourth-order valence-electron chi connectivity index (χ4n) is 0.662. The zero-order valence-electron chi connectivity index (χ0n) is 5.72. The number of aldehydes is 1. The van der Waals surface area contributed by atoms with E-state index >= 15 is 0 Å². The monoisotopic (exact) mass is 155 g/mol. The minimum absolute atomic E-state index is 0.0525. The average molecular weight is 155 g/mol. The van der Waals surface area contributed by atoms with E-state index in [1.54, 1.807) is 0 Å². The van der Waals surface area contributed by atoms with Crippen LogP contribution in [0.2, 0.25) is 0 Å². The first-order valence-corrected chi connectivity index (χ1v) is 2.78. The molecule has 11 heavy (non-hydrogen) atoms. The summed E-state index contributed by atoms with van der Waals surface area (Å²) in [5.74, 6) is -0.258. The van der Waals surface area contributed by atoms with Gasteiger partial charge in [0.25, 0.3) is 5.82 Å². The van der Waals surface area contributed by atoms with Gasteiger partial charge < -0.3 is 14.7 Å². The molecule has 58 valence electrons. The summed E-state index contributed by atoms with van der Waals surface area (Å²) in [4.78, 5) is 23.0. The van der Waals surface area contributed by atoms with Crippen LogP contribution in [0.3, 0.4) is 0 Å². The Kier molecular flexibility index (Phi) is 1.67. The molecule has 0 N–H and O–H groups in total. The Hall–Kier alpha value is -1.72. The van der Waals surface area contributed by atoms with Crippen molar-refractivity contribution in [2.45, 2.75) is 0 Å². The molecule has 0 unspecified atom stereocenters. The van der Waals surface area contributed by atoms with Crippen LogP contribution < -0.4 is 0 Å². The molecule has 0 saturated heterocycles. The molecule has 0 bridgehead atoms. The first-order valence-electron chi connectivity index (χ1n) is 2.78. The molecular formula is C5H5N3O3. The van der Waals surface area contributed by atoms with Crippen LogP contribution in [0.15, 0.2) is 6.20 Å². The topological polar surface area (TPSA) is 78.0 Å². The highest BCUT2D eigenvalue weighted by Crippen LogP contribution is 2.06. The lowest BCUT2D eigenvalue weighted by molar-refractivity contribution is -0.389. The second-order valence-corrected chi connectivity index (χ2v) is 1.94. The van der Waals surface area contributed by atoms with E-state index in [0.717, 1.165) is 0 Å². The van der Waals surface area contributed by atoms with E-state index in [2.05, 4.69) is 4.98 Å². The first kappa shape index (κ1) is 7.39. The van der Waals surface area contributed by atoms with Crippen molar-refractivity contribution < 1.29 is 9.72 Å². The van der Waals surface area contributed by atoms with Crippen LogP contribution in [-0.2, 0) is 7.05 Å². The number of rotatable bonds is 2. The number of imidazole rings is 1. The third-order valence-electron chi connectivity index (χ3n) is 1.19. The maximum atomic E-state index is 10.2. The number of aryl methyl sites for hydroxylation is 1. The van der Waals surface area contributed by atoms with Crippen molar-refractivity contribution in [3.63, 3.8) is 0 Å². The molecule has 1 rings (SSSR count). The minimum Gasteiger partial charge on any atom is -0.358 e. The molecule has 0 aromatic carbocycles. The molecule has 0 aliphatic carbocycles. The molecule has 0 aliphatic heterocycles. The van der Waals surface area contributed by atoms with Gasteiger partial charge in [-0.05, 0) is 9.91 Å². The molecule has 0 spiro atoms. The molecule has 0 atom stereocenters. The quantitative estimate of drug-likeness (QED) is 0.345. The summed E-state index contributed by atoms with van der Waals surface area (Å²) in [6.07, 6.45) is 1.65. The van der Waals surface area contributed by atoms with Crippen LogP contribution in [-0.4, -0.2) is 20.8 Å². The second kappa shape index (κ2) is 2.49. The SMILES string of the molecule is Cn1cc([N+](=O)[O-])nc1C=O. The summed E-state index contributed by atoms with van der Waals surface area (Å²) >= 11 is 0. The van der Waals surface area contributed by atoms with Gasteiger partial charge in [-0.25, -0.2) is 0 Å². The lowest BCUT2D eigenvalue weighted by atomic mass is 10.7. The van der Waals surface area contributed by atoms with Gasteiger partial charge in [0.1, 0.15) is 6.20 Å². The van der Waals surface area contributed by atoms with Crippen molar-refractivity contribution in [2.24, 2.45) is 7.05 Å². The Labute approximate surface area is 61.6 Å². The van der Waals surface area contributed by atoms with E-state index in [9.17, 15) is 14.9 Å². The lowest BCUT2D eigenvalue weighted by Crippen LogP contribution is -1.93. The highest BCUT2D eigenvalue weighted by molar-refractivity contribution is 5.69. The summed E-state index contributed by atoms with van der Waals surface area (Å²) in [5, 5.41) is 10.1. The van der Waals surface area contributed by atoms with Gasteiger partial charge in [0.15, 0.2) is 0 Å². The Balaban J connectivity index is 3.14. The largest absolute Gasteiger partial charge is 0.382 e. The fraction of sp³-hybridized carbons (Fsp3) is 0.200. The van der Waals surface area contributed by atoms with Crippen LogP contribution in [0, 0.1) is 10.1 Å². The van der Waals surface area contributed by atoms with Gasteiger partial charge in [-0.3, -0.25) is 4.79 Å². The van der Waals surface area contributed by atoms with E-state index in [-0.39, 0.29) is 11.6 Å². The number of hydrogen-bond acceptors (Lipinski definition) is 4. The van der Waals surface area contributed by atoms with Crippen molar-refractivity contribution in [3.05, 3.63) is 22.1 Å². The van der Waals surface area contributed by atoms with Crippen LogP contribution in [0.25, 0.3) is 0 Å². The Bertz CT molecular complexity index is 304. The number of nitro groups is 1. The van der Waals surface area contributed by atoms with Crippen LogP contribution in [0.4, 0.5) is 5.82 Å². The number of aromatic nitrogens is 2. The van der Waals surface area contributed by atoms with Crippen LogP contribution >= 0.6 is 0 Å². The summed E-state index contributed by atoms with van der Waals surface area (Å²) in [6, 6.07) is 0. The molecule has 1 aromatic rings. The predicted molar refractivity (Wildman–Crippen MR) is 35.2 cm³/mol. The molecule has 6 nitrogen and oxygen atoms in total. The van der Waals surface area contributed by atoms with E-state index in [0.29, 0.717) is 6.29 Å². The highest BCUT2D eigenvalue weighted by Gasteiger charge is 2.14. The molecule has 0 saturated carbocycles. The molecular weight excluding hydrogens is 150 g/mol. The van der Waals surface area contributed by atoms with Gasteiger partial charge >= 0.3 is 5.82 Å². The number of carbonyl (C=O) groups excluding carboxylic acids is 1. The maximum Gasteiger partial charge on any atom is 0.382 e. The Morgan fingerprint density at radius 2 is 2.45 bits per heavy atom. The van der Waals surface area contributed by atoms with E-state index in [1.165, 1.54) is 17.8 Å². The third kappa shape index (κ3) is 1.23. The van der Waals surface area contributed by atoms with Gasteiger partial charge in [0.05, 0.1) is 0 Å². The Morgan fingerprint density at radius 1 is 1.82 bits per heavy atom. The zero-order chi connectivity index (χ0) is 8.43. The molecule has 1 heterocycles. The number of nitrogens with zero attached hydrogens (tertiary/aromatic N) is 3. The molecule has 0 amide bonds. The maximum absolute atomic E-state index is 10.2. The molecule has 0 fully saturated rings. The van der Waals surface area contributed by atoms with Crippen LogP contribution in [0.5, 0.6) is 0 Å². The number of carbonyl (C=O) groups is 1. The molecule has 0 radical (unpaired) electrons. The zero-order valence-corrected chi connectivity index (χ0v) is 5.72. The van der Waals surface area contributed by atoms with Gasteiger partial charge in [0, 0.05) is 7.05 Å².